The van der Waals surface area contributed by atoms with Gasteiger partial charge in [0.25, 0.3) is 0 Å². The van der Waals surface area contributed by atoms with Crippen LogP contribution in [0.5, 0.6) is 11.5 Å². The highest BCUT2D eigenvalue weighted by Gasteiger charge is 2.03. The third-order valence-electron chi connectivity index (χ3n) is 2.09. The van der Waals surface area contributed by atoms with E-state index < -0.39 is 0 Å². The smallest absolute Gasteiger partial charge is 0.161 e. The van der Waals surface area contributed by atoms with E-state index in [2.05, 4.69) is 27.8 Å². The van der Waals surface area contributed by atoms with Gasteiger partial charge in [-0.25, -0.2) is 0 Å². The summed E-state index contributed by atoms with van der Waals surface area (Å²) < 4.78 is 11.3. The fraction of sp³-hybridized carbons (Fsp3) is 0.333. The van der Waals surface area contributed by atoms with Crippen LogP contribution in [0, 0.1) is 0 Å². The van der Waals surface area contributed by atoms with E-state index in [4.69, 9.17) is 9.47 Å². The van der Waals surface area contributed by atoms with Gasteiger partial charge in [-0.3, -0.25) is 0 Å². The Morgan fingerprint density at radius 3 is 2.56 bits per heavy atom. The monoisotopic (exact) mass is 285 g/mol. The van der Waals surface area contributed by atoms with Crippen LogP contribution >= 0.6 is 15.9 Å². The zero-order valence-electron chi connectivity index (χ0n) is 9.55. The van der Waals surface area contributed by atoms with Gasteiger partial charge >= 0.3 is 0 Å². The van der Waals surface area contributed by atoms with Crippen LogP contribution in [-0.4, -0.2) is 20.8 Å². The van der Waals surface area contributed by atoms with E-state index >= 15 is 0 Å². The van der Waals surface area contributed by atoms with Crippen molar-refractivity contribution in [2.24, 2.45) is 0 Å². The summed E-state index contributed by atoms with van der Waals surface area (Å²) in [5, 5.41) is 3.25. The molecule has 0 radical (unpaired) electrons. The molecule has 1 aromatic carbocycles. The molecule has 0 aliphatic rings. The first-order valence-electron chi connectivity index (χ1n) is 4.92. The van der Waals surface area contributed by atoms with Crippen LogP contribution in [0.1, 0.15) is 5.56 Å². The van der Waals surface area contributed by atoms with Crippen molar-refractivity contribution in [2.45, 2.75) is 6.54 Å². The summed E-state index contributed by atoms with van der Waals surface area (Å²) in [6.07, 6.45) is 0. The fourth-order valence-electron chi connectivity index (χ4n) is 1.33. The average molecular weight is 286 g/mol. The Balaban J connectivity index is 2.64. The first-order valence-corrected chi connectivity index (χ1v) is 5.71. The van der Waals surface area contributed by atoms with Crippen molar-refractivity contribution < 1.29 is 9.47 Å². The van der Waals surface area contributed by atoms with Crippen LogP contribution < -0.4 is 14.8 Å². The molecule has 0 spiro atoms. The van der Waals surface area contributed by atoms with Crippen molar-refractivity contribution in [1.29, 1.82) is 0 Å². The normalized spacial score (nSPS) is 9.94. The van der Waals surface area contributed by atoms with Crippen molar-refractivity contribution in [2.75, 3.05) is 20.8 Å². The molecule has 88 valence electrons. The van der Waals surface area contributed by atoms with Gasteiger partial charge in [0.2, 0.25) is 0 Å². The highest BCUT2D eigenvalue weighted by molar-refractivity contribution is 9.11. The SMILES string of the molecule is C=C(Br)CNCc1ccc(OC)c(OC)c1. The van der Waals surface area contributed by atoms with Gasteiger partial charge in [0, 0.05) is 17.6 Å². The molecule has 16 heavy (non-hydrogen) atoms. The lowest BCUT2D eigenvalue weighted by Gasteiger charge is -2.10. The first-order chi connectivity index (χ1) is 7.67. The quantitative estimate of drug-likeness (QED) is 0.872. The van der Waals surface area contributed by atoms with Gasteiger partial charge in [0.15, 0.2) is 11.5 Å². The van der Waals surface area contributed by atoms with Crippen LogP contribution in [0.15, 0.2) is 29.3 Å². The van der Waals surface area contributed by atoms with Gasteiger partial charge < -0.3 is 14.8 Å². The Kier molecular flexibility index (Phi) is 5.35. The van der Waals surface area contributed by atoms with E-state index in [9.17, 15) is 0 Å². The maximum Gasteiger partial charge on any atom is 0.161 e. The third kappa shape index (κ3) is 3.87. The van der Waals surface area contributed by atoms with Crippen LogP contribution in [0.25, 0.3) is 0 Å². The lowest BCUT2D eigenvalue weighted by molar-refractivity contribution is 0.354. The molecule has 1 rings (SSSR count). The third-order valence-corrected chi connectivity index (χ3v) is 2.37. The predicted octanol–water partition coefficient (Wildman–Crippen LogP) is 2.70. The number of nitrogens with one attached hydrogen (secondary N) is 1. The molecule has 0 saturated heterocycles. The summed E-state index contributed by atoms with van der Waals surface area (Å²) in [5.41, 5.74) is 1.14. The average Bonchev–Trinajstić information content (AvgIpc) is 2.28. The molecule has 0 atom stereocenters. The number of ether oxygens (including phenoxy) is 2. The summed E-state index contributed by atoms with van der Waals surface area (Å²) in [6, 6.07) is 5.87. The summed E-state index contributed by atoms with van der Waals surface area (Å²) >= 11 is 3.30. The zero-order valence-corrected chi connectivity index (χ0v) is 11.1. The van der Waals surface area contributed by atoms with Crippen LogP contribution in [0.4, 0.5) is 0 Å². The second kappa shape index (κ2) is 6.55. The minimum atomic E-state index is 0.744. The number of methoxy groups -OCH3 is 2. The summed E-state index contributed by atoms with van der Waals surface area (Å²) in [7, 11) is 3.26. The summed E-state index contributed by atoms with van der Waals surface area (Å²) in [5.74, 6) is 1.50. The number of hydrogen-bond acceptors (Lipinski definition) is 3. The number of hydrogen-bond donors (Lipinski definition) is 1. The molecule has 3 nitrogen and oxygen atoms in total. The maximum absolute atomic E-state index is 5.22. The lowest BCUT2D eigenvalue weighted by Crippen LogP contribution is -2.14. The molecule has 0 saturated carbocycles. The molecule has 1 aromatic rings. The Bertz CT molecular complexity index is 366. The predicted molar refractivity (Wildman–Crippen MR) is 69.3 cm³/mol. The molecule has 0 aliphatic carbocycles. The Morgan fingerprint density at radius 1 is 1.31 bits per heavy atom. The number of benzene rings is 1. The number of rotatable bonds is 6. The van der Waals surface area contributed by atoms with E-state index in [1.54, 1.807) is 14.2 Å². The molecule has 0 aromatic heterocycles. The van der Waals surface area contributed by atoms with Gasteiger partial charge in [-0.05, 0) is 17.7 Å². The standard InChI is InChI=1S/C12H16BrNO2/c1-9(13)7-14-8-10-4-5-11(15-2)12(6-10)16-3/h4-6,14H,1,7-8H2,2-3H3. The van der Waals surface area contributed by atoms with Crippen molar-refractivity contribution in [3.05, 3.63) is 34.8 Å². The van der Waals surface area contributed by atoms with Gasteiger partial charge in [-0.15, -0.1) is 0 Å². The second-order valence-corrected chi connectivity index (χ2v) is 4.43. The maximum atomic E-state index is 5.22. The fourth-order valence-corrected chi connectivity index (χ4v) is 1.53. The molecular formula is C12H16BrNO2. The van der Waals surface area contributed by atoms with Gasteiger partial charge in [0.1, 0.15) is 0 Å². The summed E-state index contributed by atoms with van der Waals surface area (Å²) in [4.78, 5) is 0. The highest BCUT2D eigenvalue weighted by Crippen LogP contribution is 2.27. The van der Waals surface area contributed by atoms with E-state index in [0.717, 1.165) is 34.6 Å². The largest absolute Gasteiger partial charge is 0.493 e. The van der Waals surface area contributed by atoms with E-state index in [0.29, 0.717) is 0 Å². The molecule has 4 heteroatoms. The van der Waals surface area contributed by atoms with E-state index in [-0.39, 0.29) is 0 Å². The van der Waals surface area contributed by atoms with E-state index in [1.807, 2.05) is 18.2 Å². The zero-order chi connectivity index (χ0) is 12.0. The van der Waals surface area contributed by atoms with Gasteiger partial charge in [-0.1, -0.05) is 28.6 Å². The first kappa shape index (κ1) is 13.1. The van der Waals surface area contributed by atoms with Crippen LogP contribution in [-0.2, 0) is 6.54 Å². The van der Waals surface area contributed by atoms with Gasteiger partial charge in [-0.2, -0.15) is 0 Å². The minimum absolute atomic E-state index is 0.744. The molecule has 0 unspecified atom stereocenters. The van der Waals surface area contributed by atoms with E-state index in [1.165, 1.54) is 0 Å². The summed E-state index contributed by atoms with van der Waals surface area (Å²) in [6.45, 7) is 5.27. The lowest BCUT2D eigenvalue weighted by atomic mass is 10.2. The topological polar surface area (TPSA) is 30.5 Å². The highest BCUT2D eigenvalue weighted by atomic mass is 79.9. The molecule has 0 aliphatic heterocycles. The Labute approximate surface area is 105 Å². The Morgan fingerprint density at radius 2 is 2.00 bits per heavy atom. The van der Waals surface area contributed by atoms with Crippen LogP contribution in [0.2, 0.25) is 0 Å². The molecule has 0 amide bonds. The van der Waals surface area contributed by atoms with Crippen molar-refractivity contribution >= 4 is 15.9 Å². The molecule has 0 bridgehead atoms. The minimum Gasteiger partial charge on any atom is -0.493 e. The molecule has 0 fully saturated rings. The van der Waals surface area contributed by atoms with Crippen LogP contribution in [0.3, 0.4) is 0 Å². The molecular weight excluding hydrogens is 270 g/mol. The second-order valence-electron chi connectivity index (χ2n) is 3.31. The number of halogens is 1. The molecule has 0 heterocycles. The van der Waals surface area contributed by atoms with Gasteiger partial charge in [0.05, 0.1) is 14.2 Å². The van der Waals surface area contributed by atoms with Crippen molar-refractivity contribution in [3.63, 3.8) is 0 Å². The van der Waals surface area contributed by atoms with Crippen molar-refractivity contribution in [3.8, 4) is 11.5 Å². The van der Waals surface area contributed by atoms with Crippen molar-refractivity contribution in [1.82, 2.24) is 5.32 Å². The molecule has 1 N–H and O–H groups in total. The Hall–Kier alpha value is -1.00.